The fraction of sp³-hybridized carbons (Fsp3) is 0.0952. The Labute approximate surface area is 264 Å². The number of nitrogens with zero attached hydrogens (tertiary/aromatic N) is 3. The maximum absolute atomic E-state index is 2.49. The molecule has 9 rings (SSSR count). The van der Waals surface area contributed by atoms with Gasteiger partial charge in [-0.25, -0.2) is 0 Å². The third kappa shape index (κ3) is 4.19. The molecule has 3 aliphatic rings. The van der Waals surface area contributed by atoms with Crippen molar-refractivity contribution in [3.05, 3.63) is 175 Å². The van der Waals surface area contributed by atoms with E-state index < -0.39 is 0 Å². The van der Waals surface area contributed by atoms with Crippen molar-refractivity contribution in [2.24, 2.45) is 0 Å². The predicted molar refractivity (Wildman–Crippen MR) is 189 cm³/mol. The first kappa shape index (κ1) is 25.9. The van der Waals surface area contributed by atoms with Crippen LogP contribution >= 0.6 is 0 Å². The van der Waals surface area contributed by atoms with Crippen molar-refractivity contribution in [1.82, 2.24) is 4.57 Å². The van der Waals surface area contributed by atoms with Crippen LogP contribution in [0.2, 0.25) is 0 Å². The monoisotopic (exact) mass is 579 g/mol. The third-order valence-electron chi connectivity index (χ3n) is 9.58. The van der Waals surface area contributed by atoms with Crippen LogP contribution in [0.4, 0.5) is 28.4 Å². The van der Waals surface area contributed by atoms with E-state index in [0.29, 0.717) is 12.0 Å². The average Bonchev–Trinajstić information content (AvgIpc) is 3.63. The van der Waals surface area contributed by atoms with Gasteiger partial charge in [0.1, 0.15) is 0 Å². The summed E-state index contributed by atoms with van der Waals surface area (Å²) in [5.41, 5.74) is 12.5. The van der Waals surface area contributed by atoms with E-state index in [4.69, 9.17) is 0 Å². The van der Waals surface area contributed by atoms with Crippen molar-refractivity contribution in [2.45, 2.75) is 24.8 Å². The Balaban J connectivity index is 1.10. The Bertz CT molecular complexity index is 2110. The third-order valence-corrected chi connectivity index (χ3v) is 9.58. The highest BCUT2D eigenvalue weighted by Crippen LogP contribution is 2.48. The molecule has 45 heavy (non-hydrogen) atoms. The fourth-order valence-electron chi connectivity index (χ4n) is 7.59. The molecule has 2 heterocycles. The Morgan fingerprint density at radius 1 is 0.600 bits per heavy atom. The number of hydrogen-bond acceptors (Lipinski definition) is 2. The van der Waals surface area contributed by atoms with Crippen LogP contribution in [0.5, 0.6) is 0 Å². The molecule has 0 saturated carbocycles. The number of para-hydroxylation sites is 3. The molecular formula is C42H33N3. The number of benzene rings is 5. The van der Waals surface area contributed by atoms with Crippen molar-refractivity contribution in [2.75, 3.05) is 9.80 Å². The molecule has 1 aromatic heterocycles. The first-order valence-corrected chi connectivity index (χ1v) is 15.9. The molecule has 0 radical (unpaired) electrons. The first-order chi connectivity index (χ1) is 22.3. The number of fused-ring (bicyclic) bond motifs is 6. The second-order valence-electron chi connectivity index (χ2n) is 12.1. The molecule has 216 valence electrons. The predicted octanol–water partition coefficient (Wildman–Crippen LogP) is 10.8. The van der Waals surface area contributed by atoms with Gasteiger partial charge in [-0.15, -0.1) is 0 Å². The van der Waals surface area contributed by atoms with E-state index in [1.807, 2.05) is 0 Å². The topological polar surface area (TPSA) is 11.4 Å². The smallest absolute Gasteiger partial charge is 0.0629 e. The van der Waals surface area contributed by atoms with Gasteiger partial charge in [-0.05, 0) is 103 Å². The molecule has 0 saturated heterocycles. The van der Waals surface area contributed by atoms with Crippen LogP contribution in [0.3, 0.4) is 0 Å². The SMILES string of the molecule is C1=CC2c3ccccc3N(c3ccc(N(c4ccccc4)c4ccc(-n5c6c(c7ccccc75)CCC=C6)cc4)cc3)C2C=C1. The van der Waals surface area contributed by atoms with E-state index in [0.717, 1.165) is 29.9 Å². The normalized spacial score (nSPS) is 17.7. The van der Waals surface area contributed by atoms with Crippen molar-refractivity contribution < 1.29 is 0 Å². The van der Waals surface area contributed by atoms with Gasteiger partial charge in [0.05, 0.1) is 11.6 Å². The highest BCUT2D eigenvalue weighted by Gasteiger charge is 2.37. The lowest BCUT2D eigenvalue weighted by Crippen LogP contribution is -2.28. The number of rotatable bonds is 5. The van der Waals surface area contributed by atoms with E-state index in [9.17, 15) is 0 Å². The molecule has 2 atom stereocenters. The maximum atomic E-state index is 2.49. The molecule has 0 bridgehead atoms. The lowest BCUT2D eigenvalue weighted by atomic mass is 9.91. The van der Waals surface area contributed by atoms with Gasteiger partial charge in [0.25, 0.3) is 0 Å². The number of anilines is 5. The minimum Gasteiger partial charge on any atom is -0.333 e. The van der Waals surface area contributed by atoms with Crippen LogP contribution in [-0.4, -0.2) is 10.6 Å². The molecule has 2 aliphatic carbocycles. The van der Waals surface area contributed by atoms with Crippen molar-refractivity contribution in [3.8, 4) is 5.69 Å². The second kappa shape index (κ2) is 10.6. The molecule has 5 aromatic carbocycles. The van der Waals surface area contributed by atoms with E-state index >= 15 is 0 Å². The van der Waals surface area contributed by atoms with Gasteiger partial charge in [0.2, 0.25) is 0 Å². The van der Waals surface area contributed by atoms with Gasteiger partial charge in [-0.2, -0.15) is 0 Å². The summed E-state index contributed by atoms with van der Waals surface area (Å²) in [5.74, 6) is 0.378. The standard InChI is InChI=1S/C42H33N3/c1-2-12-30(13-3-1)43(31-22-26-33(27-23-31)44-39-18-8-4-14-35(39)36-15-5-9-19-40(36)44)32-24-28-34(29-25-32)45-41-20-10-6-16-37(41)38-17-7-11-21-42(38)45/h1-6,8-16,18-29,35,39H,7,17H2. The summed E-state index contributed by atoms with van der Waals surface area (Å²) < 4.78 is 2.42. The Kier molecular flexibility index (Phi) is 6.09. The van der Waals surface area contributed by atoms with Gasteiger partial charge in [0, 0.05) is 51.1 Å². The van der Waals surface area contributed by atoms with Gasteiger partial charge >= 0.3 is 0 Å². The summed E-state index contributed by atoms with van der Waals surface area (Å²) in [6.45, 7) is 0. The Morgan fingerprint density at radius 2 is 1.27 bits per heavy atom. The molecule has 2 unspecified atom stereocenters. The van der Waals surface area contributed by atoms with Gasteiger partial charge in [-0.3, -0.25) is 0 Å². The summed E-state index contributed by atoms with van der Waals surface area (Å²) in [4.78, 5) is 4.84. The van der Waals surface area contributed by atoms with Crippen LogP contribution in [0.1, 0.15) is 29.2 Å². The van der Waals surface area contributed by atoms with Crippen LogP contribution in [0.15, 0.2) is 158 Å². The molecule has 1 aliphatic heterocycles. The second-order valence-corrected chi connectivity index (χ2v) is 12.1. The van der Waals surface area contributed by atoms with Crippen molar-refractivity contribution in [3.63, 3.8) is 0 Å². The zero-order chi connectivity index (χ0) is 29.7. The molecule has 0 spiro atoms. The highest BCUT2D eigenvalue weighted by molar-refractivity contribution is 5.91. The van der Waals surface area contributed by atoms with E-state index in [-0.39, 0.29) is 0 Å². The summed E-state index contributed by atoms with van der Waals surface area (Å²) in [6.07, 6.45) is 15.8. The highest BCUT2D eigenvalue weighted by atomic mass is 15.2. The average molecular weight is 580 g/mol. The molecule has 6 aromatic rings. The summed E-state index contributed by atoms with van der Waals surface area (Å²) in [6, 6.07) is 46.7. The Morgan fingerprint density at radius 3 is 2.09 bits per heavy atom. The minimum atomic E-state index is 0.293. The minimum absolute atomic E-state index is 0.293. The first-order valence-electron chi connectivity index (χ1n) is 15.9. The van der Waals surface area contributed by atoms with Crippen LogP contribution in [-0.2, 0) is 6.42 Å². The van der Waals surface area contributed by atoms with Crippen LogP contribution in [0, 0.1) is 0 Å². The van der Waals surface area contributed by atoms with Crippen LogP contribution < -0.4 is 9.80 Å². The van der Waals surface area contributed by atoms with Crippen molar-refractivity contribution >= 4 is 45.4 Å². The van der Waals surface area contributed by atoms with Gasteiger partial charge in [-0.1, -0.05) is 85.0 Å². The number of aryl methyl sites for hydroxylation is 1. The molecule has 3 nitrogen and oxygen atoms in total. The van der Waals surface area contributed by atoms with Crippen molar-refractivity contribution in [1.29, 1.82) is 0 Å². The van der Waals surface area contributed by atoms with E-state index in [1.165, 1.54) is 44.8 Å². The Hall–Kier alpha value is -5.54. The molecule has 0 N–H and O–H groups in total. The lowest BCUT2D eigenvalue weighted by Gasteiger charge is -2.30. The van der Waals surface area contributed by atoms with Crippen LogP contribution in [0.25, 0.3) is 22.7 Å². The summed E-state index contributed by atoms with van der Waals surface area (Å²) in [7, 11) is 0. The van der Waals surface area contributed by atoms with E-state index in [2.05, 4.69) is 178 Å². The lowest BCUT2D eigenvalue weighted by molar-refractivity contribution is 0.745. The van der Waals surface area contributed by atoms with Gasteiger partial charge in [0.15, 0.2) is 0 Å². The number of allylic oxidation sites excluding steroid dienone is 3. The maximum Gasteiger partial charge on any atom is 0.0629 e. The molecule has 0 amide bonds. The zero-order valence-electron chi connectivity index (χ0n) is 25.0. The quantitative estimate of drug-likeness (QED) is 0.201. The summed E-state index contributed by atoms with van der Waals surface area (Å²) >= 11 is 0. The largest absolute Gasteiger partial charge is 0.333 e. The van der Waals surface area contributed by atoms with Gasteiger partial charge < -0.3 is 14.4 Å². The molecule has 3 heteroatoms. The fourth-order valence-corrected chi connectivity index (χ4v) is 7.59. The number of aromatic nitrogens is 1. The van der Waals surface area contributed by atoms with E-state index in [1.54, 1.807) is 0 Å². The molecule has 0 fully saturated rings. The number of hydrogen-bond donors (Lipinski definition) is 0. The molecular weight excluding hydrogens is 546 g/mol. The summed E-state index contributed by atoms with van der Waals surface area (Å²) in [5, 5.41) is 1.36. The zero-order valence-corrected chi connectivity index (χ0v) is 25.0.